The summed E-state index contributed by atoms with van der Waals surface area (Å²) in [6, 6.07) is 1.94. The molecule has 0 saturated heterocycles. The third-order valence-corrected chi connectivity index (χ3v) is 5.63. The van der Waals surface area contributed by atoms with E-state index in [1.54, 1.807) is 4.52 Å². The molecule has 6 nitrogen and oxygen atoms in total. The zero-order valence-electron chi connectivity index (χ0n) is 14.4. The van der Waals surface area contributed by atoms with Crippen LogP contribution < -0.4 is 5.32 Å². The zero-order chi connectivity index (χ0) is 19.4. The van der Waals surface area contributed by atoms with Crippen molar-refractivity contribution in [2.75, 3.05) is 11.9 Å². The number of aromatic nitrogens is 4. The Kier molecular flexibility index (Phi) is 6.96. The lowest BCUT2D eigenvalue weighted by atomic mass is 10.1. The van der Waals surface area contributed by atoms with Gasteiger partial charge in [0.15, 0.2) is 5.82 Å². The molecule has 3 rings (SSSR count). The number of ether oxygens (including phenoxy) is 1. The van der Waals surface area contributed by atoms with E-state index in [0.29, 0.717) is 31.6 Å². The summed E-state index contributed by atoms with van der Waals surface area (Å²) in [6.07, 6.45) is 1.96. The summed E-state index contributed by atoms with van der Waals surface area (Å²) in [5.41, 5.74) is 3.78. The quantitative estimate of drug-likeness (QED) is 0.433. The van der Waals surface area contributed by atoms with Crippen molar-refractivity contribution in [2.45, 2.75) is 39.3 Å². The highest BCUT2D eigenvalue weighted by molar-refractivity contribution is 9.10. The second kappa shape index (κ2) is 9.22. The number of alkyl halides is 2. The van der Waals surface area contributed by atoms with Gasteiger partial charge in [-0.2, -0.15) is 18.1 Å². The Hall–Kier alpha value is -1.36. The lowest BCUT2D eigenvalue weighted by Crippen LogP contribution is -2.06. The monoisotopic (exact) mass is 479 g/mol. The first-order valence-electron chi connectivity index (χ1n) is 8.23. The lowest BCUT2D eigenvalue weighted by molar-refractivity contribution is -0.129. The molecule has 0 fully saturated rings. The van der Waals surface area contributed by atoms with E-state index >= 15 is 0 Å². The van der Waals surface area contributed by atoms with Crippen LogP contribution in [-0.4, -0.2) is 32.2 Å². The fourth-order valence-electron chi connectivity index (χ4n) is 2.80. The molecular formula is C16H17BrClF2N5OS. The molecule has 0 bridgehead atoms. The maximum absolute atomic E-state index is 12.0. The van der Waals surface area contributed by atoms with Crippen LogP contribution in [0.15, 0.2) is 16.0 Å². The first kappa shape index (κ1) is 20.4. The third-order valence-electron chi connectivity index (χ3n) is 4.06. The van der Waals surface area contributed by atoms with Gasteiger partial charge in [0.2, 0.25) is 5.28 Å². The molecule has 1 N–H and O–H groups in total. The van der Waals surface area contributed by atoms with Crippen LogP contribution in [0.25, 0.3) is 5.52 Å². The third kappa shape index (κ3) is 4.92. The standard InChI is InChI=1S/C16H17BrClF2N5OS/c1-9-11(4-2-3-6-26-16(19)20)13(17)25-12(9)14(22-15(18)23-25)21-8-10-5-7-27-24-10/h5,7,16H,2-4,6,8H2,1H3,(H,21,22,23). The summed E-state index contributed by atoms with van der Waals surface area (Å²) < 4.78 is 35.1. The van der Waals surface area contributed by atoms with Gasteiger partial charge in [-0.05, 0) is 82.4 Å². The first-order valence-corrected chi connectivity index (χ1v) is 10.2. The molecule has 3 aromatic rings. The van der Waals surface area contributed by atoms with Gasteiger partial charge in [0.1, 0.15) is 10.1 Å². The second-order valence-corrected chi connectivity index (χ2v) is 7.57. The number of halogens is 4. The van der Waals surface area contributed by atoms with Crippen molar-refractivity contribution in [3.8, 4) is 0 Å². The molecule has 0 aromatic carbocycles. The lowest BCUT2D eigenvalue weighted by Gasteiger charge is -2.07. The summed E-state index contributed by atoms with van der Waals surface area (Å²) in [7, 11) is 0. The van der Waals surface area contributed by atoms with Crippen molar-refractivity contribution in [1.82, 2.24) is 19.0 Å². The number of nitrogens with zero attached hydrogens (tertiary/aromatic N) is 4. The summed E-state index contributed by atoms with van der Waals surface area (Å²) in [5.74, 6) is 0.619. The number of nitrogens with one attached hydrogen (secondary N) is 1. The van der Waals surface area contributed by atoms with Gasteiger partial charge in [0.05, 0.1) is 18.8 Å². The Balaban J connectivity index is 1.80. The molecule has 0 radical (unpaired) electrons. The number of hydrogen-bond donors (Lipinski definition) is 1. The number of aryl methyl sites for hydroxylation is 1. The summed E-state index contributed by atoms with van der Waals surface area (Å²) in [4.78, 5) is 4.32. The minimum atomic E-state index is -2.72. The van der Waals surface area contributed by atoms with Gasteiger partial charge in [-0.1, -0.05) is 0 Å². The van der Waals surface area contributed by atoms with Gasteiger partial charge in [-0.25, -0.2) is 4.52 Å². The van der Waals surface area contributed by atoms with E-state index in [0.717, 1.165) is 26.9 Å². The van der Waals surface area contributed by atoms with E-state index < -0.39 is 6.61 Å². The summed E-state index contributed by atoms with van der Waals surface area (Å²) in [6.45, 7) is -0.182. The number of anilines is 1. The van der Waals surface area contributed by atoms with Gasteiger partial charge in [0, 0.05) is 5.38 Å². The van der Waals surface area contributed by atoms with Crippen LogP contribution in [0, 0.1) is 6.92 Å². The second-order valence-electron chi connectivity index (χ2n) is 5.82. The maximum Gasteiger partial charge on any atom is 0.345 e. The van der Waals surface area contributed by atoms with E-state index in [1.807, 2.05) is 18.4 Å². The molecule has 0 unspecified atom stereocenters. The Labute approximate surface area is 172 Å². The average Bonchev–Trinajstić information content (AvgIpc) is 3.21. The van der Waals surface area contributed by atoms with Crippen LogP contribution in [-0.2, 0) is 17.7 Å². The molecule has 146 valence electrons. The highest BCUT2D eigenvalue weighted by Crippen LogP contribution is 2.32. The van der Waals surface area contributed by atoms with Crippen LogP contribution in [0.5, 0.6) is 0 Å². The molecule has 0 spiro atoms. The molecule has 3 aromatic heterocycles. The summed E-state index contributed by atoms with van der Waals surface area (Å²) >= 11 is 11.1. The number of hydrogen-bond acceptors (Lipinski definition) is 6. The predicted octanol–water partition coefficient (Wildman–Crippen LogP) is 5.08. The maximum atomic E-state index is 12.0. The van der Waals surface area contributed by atoms with Crippen LogP contribution in [0.2, 0.25) is 5.28 Å². The van der Waals surface area contributed by atoms with Crippen LogP contribution in [0.4, 0.5) is 14.6 Å². The van der Waals surface area contributed by atoms with E-state index in [9.17, 15) is 8.78 Å². The fraction of sp³-hybridized carbons (Fsp3) is 0.438. The number of fused-ring (bicyclic) bond motifs is 1. The largest absolute Gasteiger partial charge is 0.362 e. The molecule has 11 heteroatoms. The molecule has 0 saturated carbocycles. The van der Waals surface area contributed by atoms with Crippen molar-refractivity contribution in [1.29, 1.82) is 0 Å². The Morgan fingerprint density at radius 3 is 2.93 bits per heavy atom. The minimum Gasteiger partial charge on any atom is -0.362 e. The Morgan fingerprint density at radius 1 is 1.41 bits per heavy atom. The van der Waals surface area contributed by atoms with Crippen molar-refractivity contribution in [3.05, 3.63) is 38.2 Å². The van der Waals surface area contributed by atoms with E-state index in [4.69, 9.17) is 11.6 Å². The van der Waals surface area contributed by atoms with Crippen molar-refractivity contribution in [2.24, 2.45) is 0 Å². The highest BCUT2D eigenvalue weighted by Gasteiger charge is 2.19. The van der Waals surface area contributed by atoms with Crippen LogP contribution >= 0.6 is 39.1 Å². The fourth-order valence-corrected chi connectivity index (χ4v) is 4.25. The van der Waals surface area contributed by atoms with E-state index in [1.165, 1.54) is 11.5 Å². The molecule has 0 atom stereocenters. The average molecular weight is 481 g/mol. The van der Waals surface area contributed by atoms with Crippen molar-refractivity contribution in [3.63, 3.8) is 0 Å². The molecule has 0 aliphatic rings. The minimum absolute atomic E-state index is 0.0355. The van der Waals surface area contributed by atoms with Crippen LogP contribution in [0.3, 0.4) is 0 Å². The Morgan fingerprint density at radius 2 is 2.22 bits per heavy atom. The molecule has 0 amide bonds. The molecular weight excluding hydrogens is 464 g/mol. The number of unbranched alkanes of at least 4 members (excludes halogenated alkanes) is 1. The zero-order valence-corrected chi connectivity index (χ0v) is 17.5. The van der Waals surface area contributed by atoms with Gasteiger partial charge in [-0.3, -0.25) is 0 Å². The molecule has 27 heavy (non-hydrogen) atoms. The predicted molar refractivity (Wildman–Crippen MR) is 105 cm³/mol. The van der Waals surface area contributed by atoms with Crippen molar-refractivity contribution >= 4 is 50.4 Å². The molecule has 0 aliphatic carbocycles. The van der Waals surface area contributed by atoms with Crippen LogP contribution in [0.1, 0.15) is 29.7 Å². The topological polar surface area (TPSA) is 64.3 Å². The van der Waals surface area contributed by atoms with Crippen molar-refractivity contribution < 1.29 is 13.5 Å². The molecule has 3 heterocycles. The van der Waals surface area contributed by atoms with E-state index in [2.05, 4.69) is 40.4 Å². The summed E-state index contributed by atoms with van der Waals surface area (Å²) in [5, 5.41) is 9.57. The molecule has 0 aliphatic heterocycles. The Bertz CT molecular complexity index is 906. The van der Waals surface area contributed by atoms with E-state index in [-0.39, 0.29) is 11.9 Å². The number of rotatable bonds is 9. The van der Waals surface area contributed by atoms with Gasteiger partial charge in [-0.15, -0.1) is 5.10 Å². The highest BCUT2D eigenvalue weighted by atomic mass is 79.9. The smallest absolute Gasteiger partial charge is 0.345 e. The first-order chi connectivity index (χ1) is 13.0. The van der Waals surface area contributed by atoms with Gasteiger partial charge in [0.25, 0.3) is 0 Å². The van der Waals surface area contributed by atoms with Gasteiger partial charge < -0.3 is 10.1 Å². The van der Waals surface area contributed by atoms with Gasteiger partial charge >= 0.3 is 6.61 Å². The normalized spacial score (nSPS) is 11.6. The SMILES string of the molecule is Cc1c(CCCCOC(F)F)c(Br)n2nc(Cl)nc(NCc3ccsn3)c12.